The first-order valence-electron chi connectivity index (χ1n) is 25.9. The van der Waals surface area contributed by atoms with E-state index in [1.807, 2.05) is 18.2 Å². The molecule has 0 aliphatic heterocycles. The number of para-hydroxylation sites is 4. The predicted molar refractivity (Wildman–Crippen MR) is 317 cm³/mol. The minimum absolute atomic E-state index is 0.00330. The van der Waals surface area contributed by atoms with Crippen molar-refractivity contribution >= 4 is 52.3 Å². The fraction of sp³-hybridized carbons (Fsp3) is 0.117. The number of aromatic carboxylic acids is 4. The molecule has 0 amide bonds. The van der Waals surface area contributed by atoms with Gasteiger partial charge in [-0.1, -0.05) is 54.6 Å². The van der Waals surface area contributed by atoms with E-state index >= 15 is 0 Å². The average Bonchev–Trinajstić information content (AvgIpc) is 2.69. The van der Waals surface area contributed by atoms with Crippen LogP contribution in [0.1, 0.15) is 71.6 Å². The lowest BCUT2D eigenvalue weighted by atomic mass is 9.91. The Bertz CT molecular complexity index is 4280. The molecule has 26 heteroatoms. The van der Waals surface area contributed by atoms with Gasteiger partial charge in [0.25, 0.3) is 5.56 Å². The number of phenolic OH excluding ortho intramolecular Hbond substituents is 2. The van der Waals surface area contributed by atoms with E-state index in [1.54, 1.807) is 73.8 Å². The molecule has 0 saturated carbocycles. The lowest BCUT2D eigenvalue weighted by Gasteiger charge is -2.16. The summed E-state index contributed by atoms with van der Waals surface area (Å²) in [4.78, 5) is 77.3. The van der Waals surface area contributed by atoms with Crippen molar-refractivity contribution in [2.24, 2.45) is 10.2 Å². The van der Waals surface area contributed by atoms with Gasteiger partial charge in [0.1, 0.15) is 40.0 Å². The Morgan fingerprint density at radius 2 is 1.01 bits per heavy atom. The van der Waals surface area contributed by atoms with Gasteiger partial charge in [0.2, 0.25) is 5.75 Å². The first-order valence-corrected chi connectivity index (χ1v) is 25.9. The summed E-state index contributed by atoms with van der Waals surface area (Å²) >= 11 is 0. The molecule has 0 saturated heterocycles. The minimum atomic E-state index is -1.10. The molecular formula is C60H55N11O15. The highest BCUT2D eigenvalue weighted by molar-refractivity contribution is 5.91. The van der Waals surface area contributed by atoms with Crippen LogP contribution < -0.4 is 26.5 Å². The number of ether oxygens (including phenoxy) is 2. The molecule has 86 heavy (non-hydrogen) atoms. The van der Waals surface area contributed by atoms with Crippen LogP contribution in [0.5, 0.6) is 23.0 Å². The van der Waals surface area contributed by atoms with Crippen LogP contribution in [0.25, 0.3) is 50.2 Å². The average molecular weight is 1170 g/mol. The highest BCUT2D eigenvalue weighted by Crippen LogP contribution is 2.40. The number of nitrogens with zero attached hydrogens (tertiary/aromatic N) is 4. The van der Waals surface area contributed by atoms with Crippen LogP contribution in [-0.4, -0.2) is 103 Å². The van der Waals surface area contributed by atoms with Crippen molar-refractivity contribution in [2.75, 3.05) is 25.7 Å². The number of aromatic hydroxyl groups is 2. The molecule has 11 rings (SSSR count). The van der Waals surface area contributed by atoms with Gasteiger partial charge in [-0.15, -0.1) is 10.2 Å². The number of nitrogen functional groups attached to an aromatic ring is 2. The third kappa shape index (κ3) is 13.3. The molecule has 1 aliphatic rings. The molecule has 0 radical (unpaired) electrons. The molecule has 26 nitrogen and oxygen atoms in total. The van der Waals surface area contributed by atoms with Gasteiger partial charge in [0.05, 0.1) is 41.9 Å². The quantitative estimate of drug-likeness (QED) is 0.0158. The van der Waals surface area contributed by atoms with Crippen LogP contribution in [0.2, 0.25) is 0 Å². The molecular weight excluding hydrogens is 1110 g/mol. The molecule has 5 aromatic carbocycles. The third-order valence-corrected chi connectivity index (χ3v) is 13.5. The van der Waals surface area contributed by atoms with Crippen LogP contribution in [0, 0.1) is 17.0 Å². The summed E-state index contributed by atoms with van der Waals surface area (Å²) < 4.78 is 11.7. The Labute approximate surface area is 486 Å². The second kappa shape index (κ2) is 26.2. The number of H-pyrrole nitrogens is 5. The molecule has 440 valence electrons. The number of phenols is 2. The Hall–Kier alpha value is -12.1. The molecule has 5 heterocycles. The zero-order valence-corrected chi connectivity index (χ0v) is 45.9. The third-order valence-electron chi connectivity index (χ3n) is 13.5. The number of aromatic amines is 5. The van der Waals surface area contributed by atoms with Gasteiger partial charge in [-0.2, -0.15) is 0 Å². The lowest BCUT2D eigenvalue weighted by Crippen LogP contribution is -2.15. The van der Waals surface area contributed by atoms with Gasteiger partial charge in [0.15, 0.2) is 11.4 Å². The molecule has 1 aliphatic carbocycles. The van der Waals surface area contributed by atoms with E-state index in [2.05, 4.69) is 41.3 Å². The van der Waals surface area contributed by atoms with Crippen molar-refractivity contribution in [3.63, 3.8) is 0 Å². The van der Waals surface area contributed by atoms with Crippen LogP contribution in [0.3, 0.4) is 0 Å². The van der Waals surface area contributed by atoms with Crippen LogP contribution in [0.15, 0.2) is 155 Å². The Morgan fingerprint density at radius 3 is 1.50 bits per heavy atom. The molecule has 0 atom stereocenters. The summed E-state index contributed by atoms with van der Waals surface area (Å²) in [6.45, 7) is 1.74. The lowest BCUT2D eigenvalue weighted by molar-refractivity contribution is -0.385. The van der Waals surface area contributed by atoms with E-state index in [9.17, 15) is 44.3 Å². The van der Waals surface area contributed by atoms with Crippen molar-refractivity contribution in [2.45, 2.75) is 32.6 Å². The number of aromatic nitrogens is 6. The fourth-order valence-electron chi connectivity index (χ4n) is 9.25. The summed E-state index contributed by atoms with van der Waals surface area (Å²) in [7, 11) is 2.86. The van der Waals surface area contributed by atoms with Crippen LogP contribution in [0.4, 0.5) is 28.4 Å². The number of azo groups is 1. The maximum atomic E-state index is 13.1. The summed E-state index contributed by atoms with van der Waals surface area (Å²) in [5.74, 6) is -3.81. The number of nitro benzene ring substituents is 1. The first-order chi connectivity index (χ1) is 41.2. The number of hydrogen-bond acceptors (Lipinski definition) is 15. The standard InChI is InChI=1S/C25H23N5O4.C12H10N2O5.C12H12N2O3.C11H10N2O3/c1-14-22(24(32)30(29-14)18-10-9-15-5-2-3-6-16(15)11-18)28-27-20-8-4-7-19(23(20)31)17-12-21(25(33)34)26-13-17;1-19-11-8(3-2-4-10(11)14(17)18)7-5-9(12(15)16)13-6-7;1-17-11-8(3-2-4-9(11)13)7-5-10(12(15)16)14-6-7;12-8-3-1-2-7(10(8)14)6-4-9(11(15)16)13-5-6/h4,7-13,26,29,31H,2-3,5-6H2,1H3,(H,33,34);2-6,13H,1H3,(H,15,16);2-6,14H,13H2,1H3,(H,15,16);1-5,13-14H,12H2,(H,15,16). The second-order valence-electron chi connectivity index (χ2n) is 19.0. The monoisotopic (exact) mass is 1170 g/mol. The van der Waals surface area contributed by atoms with Gasteiger partial charge in [-0.3, -0.25) is 20.0 Å². The topological polar surface area (TPSA) is 429 Å². The van der Waals surface area contributed by atoms with E-state index in [1.165, 1.54) is 85.4 Å². The number of rotatable bonds is 14. The predicted octanol–water partition coefficient (Wildman–Crippen LogP) is 11.1. The van der Waals surface area contributed by atoms with Crippen molar-refractivity contribution in [1.82, 2.24) is 29.7 Å². The number of fused-ring (bicyclic) bond motifs is 1. The van der Waals surface area contributed by atoms with Gasteiger partial charge in [0, 0.05) is 75.4 Å². The van der Waals surface area contributed by atoms with Crippen molar-refractivity contribution < 1.29 is 64.2 Å². The number of anilines is 2. The fourth-order valence-corrected chi connectivity index (χ4v) is 9.25. The SMILES string of the molecule is COc1c(-c2c[nH]c(C(=O)O)c2)cccc1[N+](=O)[O-].COc1c(N)cccc1-c1c[nH]c(C(=O)O)c1.Cc1[nH]n(-c2ccc3c(c2)CCCC3)c(=O)c1N=Nc1cccc(-c2c[nH]c(C(=O)O)c2)c1O.Nc1cccc(-c2c[nH]c(C(=O)O)c2)c1O. The highest BCUT2D eigenvalue weighted by atomic mass is 16.6. The number of carboxylic acid groups (broad SMARTS) is 4. The van der Waals surface area contributed by atoms with E-state index < -0.39 is 28.8 Å². The molecule has 0 spiro atoms. The van der Waals surface area contributed by atoms with E-state index in [-0.39, 0.29) is 68.3 Å². The van der Waals surface area contributed by atoms with E-state index in [0.717, 1.165) is 36.1 Å². The summed E-state index contributed by atoms with van der Waals surface area (Å²) in [5, 5.41) is 78.2. The number of benzene rings is 5. The van der Waals surface area contributed by atoms with Crippen LogP contribution >= 0.6 is 0 Å². The van der Waals surface area contributed by atoms with Gasteiger partial charge >= 0.3 is 29.6 Å². The molecule has 0 fully saturated rings. The molecule has 0 unspecified atom stereocenters. The largest absolute Gasteiger partial charge is 0.505 e. The molecule has 5 aromatic heterocycles. The maximum absolute atomic E-state index is 13.1. The van der Waals surface area contributed by atoms with Crippen molar-refractivity contribution in [1.29, 1.82) is 0 Å². The van der Waals surface area contributed by atoms with Gasteiger partial charge < -0.3 is 71.5 Å². The summed E-state index contributed by atoms with van der Waals surface area (Å²) in [6, 6.07) is 31.5. The van der Waals surface area contributed by atoms with E-state index in [4.69, 9.17) is 41.4 Å². The van der Waals surface area contributed by atoms with Crippen LogP contribution in [-0.2, 0) is 12.8 Å². The zero-order valence-electron chi connectivity index (χ0n) is 45.9. The zero-order chi connectivity index (χ0) is 61.9. The van der Waals surface area contributed by atoms with Gasteiger partial charge in [-0.05, 0) is 98.3 Å². The number of nitro groups is 1. The summed E-state index contributed by atoms with van der Waals surface area (Å²) in [5.41, 5.74) is 20.5. The van der Waals surface area contributed by atoms with Crippen molar-refractivity contribution in [3.8, 4) is 73.2 Å². The number of aryl methyl sites for hydroxylation is 3. The highest BCUT2D eigenvalue weighted by Gasteiger charge is 2.22. The number of nitrogens with two attached hydrogens (primary N) is 2. The molecule has 0 bridgehead atoms. The Balaban J connectivity index is 0.000000158. The van der Waals surface area contributed by atoms with E-state index in [0.29, 0.717) is 50.5 Å². The number of methoxy groups -OCH3 is 2. The normalized spacial score (nSPS) is 11.4. The number of hydrogen-bond donors (Lipinski definition) is 13. The molecule has 15 N–H and O–H groups in total. The summed E-state index contributed by atoms with van der Waals surface area (Å²) in [6.07, 6.45) is 10.5. The molecule has 10 aromatic rings. The second-order valence-corrected chi connectivity index (χ2v) is 19.0. The van der Waals surface area contributed by atoms with Gasteiger partial charge in [-0.25, -0.2) is 23.9 Å². The first kappa shape index (κ1) is 60.0. The minimum Gasteiger partial charge on any atom is -0.505 e. The Morgan fingerprint density at radius 1 is 0.570 bits per heavy atom. The maximum Gasteiger partial charge on any atom is 0.352 e. The smallest absolute Gasteiger partial charge is 0.352 e. The van der Waals surface area contributed by atoms with Crippen molar-refractivity contribution in [3.05, 3.63) is 200 Å². The Kier molecular flexibility index (Phi) is 18.3. The number of carboxylic acids is 4. The number of nitrogens with one attached hydrogen (secondary N) is 5. The number of carbonyl (C=O) groups is 4.